The third-order valence-corrected chi connectivity index (χ3v) is 2.72. The van der Waals surface area contributed by atoms with E-state index in [9.17, 15) is 4.79 Å². The van der Waals surface area contributed by atoms with E-state index in [4.69, 9.17) is 4.74 Å². The van der Waals surface area contributed by atoms with Crippen LogP contribution in [0.4, 0.5) is 0 Å². The van der Waals surface area contributed by atoms with Gasteiger partial charge in [0.05, 0.1) is 0 Å². The summed E-state index contributed by atoms with van der Waals surface area (Å²) in [6, 6.07) is 8.03. The highest BCUT2D eigenvalue weighted by atomic mass is 16.5. The quantitative estimate of drug-likeness (QED) is 0.570. The van der Waals surface area contributed by atoms with Crippen LogP contribution >= 0.6 is 0 Å². The van der Waals surface area contributed by atoms with Gasteiger partial charge in [-0.3, -0.25) is 4.79 Å². The lowest BCUT2D eigenvalue weighted by Crippen LogP contribution is -1.93. The number of aryl methyl sites for hydroxylation is 1. The normalized spacial score (nSPS) is 15.1. The minimum absolute atomic E-state index is 0.574. The Bertz CT molecular complexity index is 527. The van der Waals surface area contributed by atoms with Crippen LogP contribution in [0.25, 0.3) is 5.76 Å². The smallest absolute Gasteiger partial charge is 0.176 e. The summed E-state index contributed by atoms with van der Waals surface area (Å²) >= 11 is 0. The van der Waals surface area contributed by atoms with Crippen molar-refractivity contribution in [2.75, 3.05) is 0 Å². The van der Waals surface area contributed by atoms with Gasteiger partial charge in [-0.05, 0) is 19.9 Å². The van der Waals surface area contributed by atoms with E-state index in [1.165, 1.54) is 5.56 Å². The van der Waals surface area contributed by atoms with E-state index in [-0.39, 0.29) is 0 Å². The summed E-state index contributed by atoms with van der Waals surface area (Å²) in [7, 11) is 0. The highest BCUT2D eigenvalue weighted by Crippen LogP contribution is 2.23. The number of benzene rings is 1. The maximum atomic E-state index is 10.8. The number of aldehydes is 1. The Morgan fingerprint density at radius 1 is 1.24 bits per heavy atom. The number of hydrogen-bond acceptors (Lipinski definition) is 2. The van der Waals surface area contributed by atoms with E-state index in [0.29, 0.717) is 23.5 Å². The van der Waals surface area contributed by atoms with Crippen molar-refractivity contribution in [3.8, 4) is 0 Å². The van der Waals surface area contributed by atoms with E-state index >= 15 is 0 Å². The molecule has 0 radical (unpaired) electrons. The van der Waals surface area contributed by atoms with Gasteiger partial charge in [0.2, 0.25) is 0 Å². The summed E-state index contributed by atoms with van der Waals surface area (Å²) < 4.78 is 5.66. The number of rotatable bonds is 2. The molecule has 1 aromatic rings. The second-order valence-corrected chi connectivity index (χ2v) is 4.05. The standard InChI is InChI=1S/C15H14O2/c1-11-6-8-13(9-7-11)15-5-3-4-14(10-16)12(2)17-15/h3,6-10H,4H2,1-2H3. The first-order valence-electron chi connectivity index (χ1n) is 5.55. The fourth-order valence-electron chi connectivity index (χ4n) is 1.62. The highest BCUT2D eigenvalue weighted by molar-refractivity contribution is 5.75. The van der Waals surface area contributed by atoms with Crippen LogP contribution in [0.15, 0.2) is 47.4 Å². The number of hydrogen-bond donors (Lipinski definition) is 0. The molecule has 86 valence electrons. The Labute approximate surface area is 101 Å². The highest BCUT2D eigenvalue weighted by Gasteiger charge is 2.09. The van der Waals surface area contributed by atoms with Gasteiger partial charge >= 0.3 is 0 Å². The van der Waals surface area contributed by atoms with Crippen LogP contribution in [0.1, 0.15) is 24.5 Å². The lowest BCUT2D eigenvalue weighted by atomic mass is 10.1. The van der Waals surface area contributed by atoms with Crippen molar-refractivity contribution >= 4 is 12.0 Å². The summed E-state index contributed by atoms with van der Waals surface area (Å²) in [5.41, 5.74) is 5.92. The molecule has 1 aliphatic heterocycles. The molecule has 0 aliphatic carbocycles. The molecular formula is C15H14O2. The number of ether oxygens (including phenoxy) is 1. The molecule has 2 heteroatoms. The summed E-state index contributed by atoms with van der Waals surface area (Å²) in [6.45, 7) is 3.84. The van der Waals surface area contributed by atoms with Gasteiger partial charge in [0, 0.05) is 17.6 Å². The molecule has 0 saturated carbocycles. The first kappa shape index (κ1) is 11.4. The predicted octanol–water partition coefficient (Wildman–Crippen LogP) is 3.38. The summed E-state index contributed by atoms with van der Waals surface area (Å²) in [5.74, 6) is 1.32. The van der Waals surface area contributed by atoms with Gasteiger partial charge in [0.25, 0.3) is 0 Å². The van der Waals surface area contributed by atoms with Crippen LogP contribution in [-0.2, 0) is 9.53 Å². The lowest BCUT2D eigenvalue weighted by molar-refractivity contribution is -0.105. The Balaban J connectivity index is 2.35. The molecular weight excluding hydrogens is 212 g/mol. The predicted molar refractivity (Wildman–Crippen MR) is 67.1 cm³/mol. The first-order valence-corrected chi connectivity index (χ1v) is 5.55. The van der Waals surface area contributed by atoms with Crippen LogP contribution < -0.4 is 0 Å². The van der Waals surface area contributed by atoms with Crippen LogP contribution in [0.5, 0.6) is 0 Å². The zero-order valence-corrected chi connectivity index (χ0v) is 9.99. The molecule has 0 fully saturated rings. The molecule has 0 atom stereocenters. The largest absolute Gasteiger partial charge is 0.453 e. The van der Waals surface area contributed by atoms with Crippen LogP contribution in [-0.4, -0.2) is 6.29 Å². The third kappa shape index (κ3) is 2.55. The Hall–Kier alpha value is -2.05. The number of carbonyl (C=O) groups excluding carboxylic acids is 1. The van der Waals surface area contributed by atoms with E-state index in [0.717, 1.165) is 11.8 Å². The molecule has 0 spiro atoms. The number of carbonyl (C=O) groups is 1. The van der Waals surface area contributed by atoms with E-state index in [1.807, 2.05) is 37.3 Å². The van der Waals surface area contributed by atoms with Crippen molar-refractivity contribution in [2.45, 2.75) is 20.3 Å². The van der Waals surface area contributed by atoms with Crippen LogP contribution in [0.3, 0.4) is 0 Å². The Morgan fingerprint density at radius 2 is 1.94 bits per heavy atom. The maximum absolute atomic E-state index is 10.8. The number of allylic oxidation sites excluding steroid dienone is 3. The molecule has 1 heterocycles. The molecule has 0 N–H and O–H groups in total. The SMILES string of the molecule is CC1=C(C=O)CC=C=C(c2ccc(C)cc2)O1. The van der Waals surface area contributed by atoms with Crippen molar-refractivity contribution in [1.29, 1.82) is 0 Å². The van der Waals surface area contributed by atoms with E-state index in [2.05, 4.69) is 5.73 Å². The van der Waals surface area contributed by atoms with Gasteiger partial charge in [0.1, 0.15) is 12.0 Å². The topological polar surface area (TPSA) is 26.3 Å². The van der Waals surface area contributed by atoms with Crippen LogP contribution in [0.2, 0.25) is 0 Å². The molecule has 17 heavy (non-hydrogen) atoms. The lowest BCUT2D eigenvalue weighted by Gasteiger charge is -2.09. The zero-order chi connectivity index (χ0) is 12.3. The second-order valence-electron chi connectivity index (χ2n) is 4.05. The van der Waals surface area contributed by atoms with E-state index < -0.39 is 0 Å². The molecule has 0 aromatic heterocycles. The van der Waals surface area contributed by atoms with Gasteiger partial charge < -0.3 is 4.74 Å². The molecule has 0 amide bonds. The molecule has 2 nitrogen and oxygen atoms in total. The zero-order valence-electron chi connectivity index (χ0n) is 9.99. The summed E-state index contributed by atoms with van der Waals surface area (Å²) in [6.07, 6.45) is 3.24. The molecule has 0 unspecified atom stereocenters. The van der Waals surface area contributed by atoms with Gasteiger partial charge in [0.15, 0.2) is 5.76 Å². The van der Waals surface area contributed by atoms with Gasteiger partial charge in [-0.1, -0.05) is 35.6 Å². The summed E-state index contributed by atoms with van der Waals surface area (Å²) in [5, 5.41) is 0. The van der Waals surface area contributed by atoms with Crippen molar-refractivity contribution in [1.82, 2.24) is 0 Å². The minimum atomic E-state index is 0.574. The minimum Gasteiger partial charge on any atom is -0.453 e. The van der Waals surface area contributed by atoms with Gasteiger partial charge in [-0.2, -0.15) is 0 Å². The maximum Gasteiger partial charge on any atom is 0.176 e. The van der Waals surface area contributed by atoms with Gasteiger partial charge in [-0.15, -0.1) is 0 Å². The van der Waals surface area contributed by atoms with Crippen molar-refractivity contribution < 1.29 is 9.53 Å². The average molecular weight is 226 g/mol. The molecule has 0 saturated heterocycles. The second kappa shape index (κ2) is 4.86. The average Bonchev–Trinajstić information content (AvgIpc) is 2.51. The fourth-order valence-corrected chi connectivity index (χ4v) is 1.62. The Kier molecular flexibility index (Phi) is 3.27. The van der Waals surface area contributed by atoms with Crippen molar-refractivity contribution in [3.63, 3.8) is 0 Å². The van der Waals surface area contributed by atoms with Crippen molar-refractivity contribution in [2.24, 2.45) is 0 Å². The molecule has 1 aromatic carbocycles. The van der Waals surface area contributed by atoms with Crippen molar-refractivity contribution in [3.05, 3.63) is 58.5 Å². The molecule has 0 bridgehead atoms. The third-order valence-electron chi connectivity index (χ3n) is 2.72. The molecule has 1 aliphatic rings. The van der Waals surface area contributed by atoms with Crippen LogP contribution in [0, 0.1) is 6.92 Å². The van der Waals surface area contributed by atoms with E-state index in [1.54, 1.807) is 6.92 Å². The first-order chi connectivity index (χ1) is 8.20. The van der Waals surface area contributed by atoms with Gasteiger partial charge in [-0.25, -0.2) is 0 Å². The Morgan fingerprint density at radius 3 is 2.59 bits per heavy atom. The molecule has 2 rings (SSSR count). The fraction of sp³-hybridized carbons (Fsp3) is 0.200. The summed E-state index contributed by atoms with van der Waals surface area (Å²) in [4.78, 5) is 10.8. The monoisotopic (exact) mass is 226 g/mol.